The average Bonchev–Trinajstić information content (AvgIpc) is 3.04. The summed E-state index contributed by atoms with van der Waals surface area (Å²) in [5.41, 5.74) is 1.74. The van der Waals surface area contributed by atoms with Crippen molar-refractivity contribution in [1.29, 1.82) is 0 Å². The van der Waals surface area contributed by atoms with Crippen LogP contribution in [0.2, 0.25) is 0 Å². The summed E-state index contributed by atoms with van der Waals surface area (Å²) in [5.74, 6) is 1.89. The molecule has 7 nitrogen and oxygen atoms in total. The average molecular weight is 333 g/mol. The number of ether oxygens (including phenoxy) is 2. The second kappa shape index (κ2) is 6.56. The van der Waals surface area contributed by atoms with Gasteiger partial charge in [-0.1, -0.05) is 6.07 Å². The Morgan fingerprint density at radius 2 is 1.84 bits per heavy atom. The van der Waals surface area contributed by atoms with E-state index in [1.807, 2.05) is 43.4 Å². The fraction of sp³-hybridized carbons (Fsp3) is 0.111. The first-order valence-corrected chi connectivity index (χ1v) is 7.72. The van der Waals surface area contributed by atoms with Gasteiger partial charge < -0.3 is 9.47 Å². The molecule has 0 spiro atoms. The number of rotatable bonds is 5. The molecule has 1 aromatic carbocycles. The van der Waals surface area contributed by atoms with Crippen LogP contribution in [-0.2, 0) is 13.7 Å². The van der Waals surface area contributed by atoms with Gasteiger partial charge in [-0.05, 0) is 30.3 Å². The smallest absolute Gasteiger partial charge is 0.233 e. The van der Waals surface area contributed by atoms with E-state index in [1.165, 1.54) is 6.33 Å². The van der Waals surface area contributed by atoms with E-state index in [-0.39, 0.29) is 0 Å². The molecule has 4 rings (SSSR count). The summed E-state index contributed by atoms with van der Waals surface area (Å²) < 4.78 is 13.3. The van der Waals surface area contributed by atoms with E-state index in [1.54, 1.807) is 23.3 Å². The minimum absolute atomic E-state index is 0.469. The zero-order valence-electron chi connectivity index (χ0n) is 13.5. The van der Waals surface area contributed by atoms with Crippen LogP contribution in [0.3, 0.4) is 0 Å². The quantitative estimate of drug-likeness (QED) is 0.558. The van der Waals surface area contributed by atoms with Crippen LogP contribution < -0.4 is 9.47 Å². The van der Waals surface area contributed by atoms with Crippen molar-refractivity contribution in [2.75, 3.05) is 0 Å². The van der Waals surface area contributed by atoms with Crippen LogP contribution in [0.15, 0.2) is 61.3 Å². The normalized spacial score (nSPS) is 10.8. The van der Waals surface area contributed by atoms with E-state index in [0.29, 0.717) is 18.2 Å². The zero-order valence-corrected chi connectivity index (χ0v) is 13.5. The molecule has 124 valence electrons. The summed E-state index contributed by atoms with van der Waals surface area (Å²) in [6, 6.07) is 11.2. The third-order valence-electron chi connectivity index (χ3n) is 3.66. The van der Waals surface area contributed by atoms with Gasteiger partial charge in [0, 0.05) is 25.0 Å². The Balaban J connectivity index is 1.46. The van der Waals surface area contributed by atoms with Gasteiger partial charge in [0.05, 0.1) is 6.20 Å². The highest BCUT2D eigenvalue weighted by Crippen LogP contribution is 2.27. The van der Waals surface area contributed by atoms with Crippen molar-refractivity contribution >= 4 is 11.0 Å². The van der Waals surface area contributed by atoms with Crippen LogP contribution in [0.1, 0.15) is 5.56 Å². The number of fused-ring (bicyclic) bond motifs is 1. The predicted octanol–water partition coefficient (Wildman–Crippen LogP) is 3.13. The van der Waals surface area contributed by atoms with Crippen molar-refractivity contribution < 1.29 is 9.47 Å². The number of aryl methyl sites for hydroxylation is 1. The largest absolute Gasteiger partial charge is 0.489 e. The monoisotopic (exact) mass is 333 g/mol. The zero-order chi connectivity index (χ0) is 17.1. The van der Waals surface area contributed by atoms with Gasteiger partial charge in [-0.25, -0.2) is 9.97 Å². The minimum atomic E-state index is 0.469. The Hall–Kier alpha value is -3.48. The Labute approximate surface area is 143 Å². The molecule has 0 saturated carbocycles. The van der Waals surface area contributed by atoms with E-state index < -0.39 is 0 Å². The second-order valence-corrected chi connectivity index (χ2v) is 5.41. The van der Waals surface area contributed by atoms with E-state index in [2.05, 4.69) is 20.1 Å². The topological polar surface area (TPSA) is 75.0 Å². The summed E-state index contributed by atoms with van der Waals surface area (Å²) >= 11 is 0. The van der Waals surface area contributed by atoms with Crippen molar-refractivity contribution in [1.82, 2.24) is 24.7 Å². The fourth-order valence-electron chi connectivity index (χ4n) is 2.39. The molecule has 0 aliphatic rings. The highest BCUT2D eigenvalue weighted by atomic mass is 16.5. The lowest BCUT2D eigenvalue weighted by Crippen LogP contribution is -1.96. The van der Waals surface area contributed by atoms with Crippen molar-refractivity contribution in [2.24, 2.45) is 7.05 Å². The van der Waals surface area contributed by atoms with Gasteiger partial charge in [0.25, 0.3) is 0 Å². The molecular formula is C18H15N5O2. The number of benzene rings is 1. The third-order valence-corrected chi connectivity index (χ3v) is 3.66. The highest BCUT2D eigenvalue weighted by molar-refractivity contribution is 5.79. The van der Waals surface area contributed by atoms with Gasteiger partial charge in [0.15, 0.2) is 5.65 Å². The van der Waals surface area contributed by atoms with Crippen molar-refractivity contribution in [3.63, 3.8) is 0 Å². The highest BCUT2D eigenvalue weighted by Gasteiger charge is 2.09. The van der Waals surface area contributed by atoms with Crippen LogP contribution in [0.5, 0.6) is 17.4 Å². The predicted molar refractivity (Wildman–Crippen MR) is 91.4 cm³/mol. The number of hydrogen-bond acceptors (Lipinski definition) is 6. The molecule has 0 atom stereocenters. The maximum Gasteiger partial charge on any atom is 0.233 e. The first-order chi connectivity index (χ1) is 12.3. The molecule has 0 radical (unpaired) electrons. The Morgan fingerprint density at radius 3 is 2.64 bits per heavy atom. The lowest BCUT2D eigenvalue weighted by atomic mass is 10.3. The van der Waals surface area contributed by atoms with Gasteiger partial charge in [0.1, 0.15) is 29.8 Å². The molecule has 0 amide bonds. The molecule has 0 aliphatic carbocycles. The van der Waals surface area contributed by atoms with Gasteiger partial charge in [-0.15, -0.1) is 0 Å². The molecule has 7 heteroatoms. The van der Waals surface area contributed by atoms with Crippen LogP contribution in [0.25, 0.3) is 11.0 Å². The Morgan fingerprint density at radius 1 is 1.00 bits per heavy atom. The van der Waals surface area contributed by atoms with Gasteiger partial charge in [0.2, 0.25) is 5.88 Å². The maximum absolute atomic E-state index is 5.85. The van der Waals surface area contributed by atoms with Crippen LogP contribution in [0, 0.1) is 0 Å². The van der Waals surface area contributed by atoms with Crippen molar-refractivity contribution in [3.8, 4) is 17.4 Å². The lowest BCUT2D eigenvalue weighted by Gasteiger charge is -2.08. The summed E-state index contributed by atoms with van der Waals surface area (Å²) in [5, 5.41) is 4.94. The van der Waals surface area contributed by atoms with Crippen LogP contribution in [-0.4, -0.2) is 24.7 Å². The number of hydrogen-bond donors (Lipinski definition) is 0. The standard InChI is InChI=1S/C18H15N5O2/c1-23-17-16(10-22-23)18(21-12-20-17)25-15-6-4-14(5-7-15)24-11-13-3-2-8-19-9-13/h2-10,12H,11H2,1H3. The number of nitrogens with zero attached hydrogens (tertiary/aromatic N) is 5. The van der Waals surface area contributed by atoms with Crippen molar-refractivity contribution in [3.05, 3.63) is 66.9 Å². The summed E-state index contributed by atoms with van der Waals surface area (Å²) in [7, 11) is 1.83. The molecule has 3 aromatic heterocycles. The molecule has 25 heavy (non-hydrogen) atoms. The molecule has 0 unspecified atom stereocenters. The van der Waals surface area contributed by atoms with Crippen molar-refractivity contribution in [2.45, 2.75) is 6.61 Å². The molecule has 4 aromatic rings. The van der Waals surface area contributed by atoms with Crippen LogP contribution >= 0.6 is 0 Å². The van der Waals surface area contributed by atoms with Gasteiger partial charge in [-0.3, -0.25) is 9.67 Å². The van der Waals surface area contributed by atoms with Gasteiger partial charge in [-0.2, -0.15) is 5.10 Å². The first kappa shape index (κ1) is 15.1. The minimum Gasteiger partial charge on any atom is -0.489 e. The first-order valence-electron chi connectivity index (χ1n) is 7.72. The van der Waals surface area contributed by atoms with E-state index in [0.717, 1.165) is 22.3 Å². The van der Waals surface area contributed by atoms with Crippen LogP contribution in [0.4, 0.5) is 0 Å². The number of aromatic nitrogens is 5. The maximum atomic E-state index is 5.85. The molecule has 3 heterocycles. The van der Waals surface area contributed by atoms with E-state index in [9.17, 15) is 0 Å². The van der Waals surface area contributed by atoms with E-state index in [4.69, 9.17) is 9.47 Å². The van der Waals surface area contributed by atoms with Gasteiger partial charge >= 0.3 is 0 Å². The Bertz CT molecular complexity index is 983. The lowest BCUT2D eigenvalue weighted by molar-refractivity contribution is 0.305. The Kier molecular flexibility index (Phi) is 3.96. The second-order valence-electron chi connectivity index (χ2n) is 5.41. The third kappa shape index (κ3) is 3.25. The molecule has 0 bridgehead atoms. The molecular weight excluding hydrogens is 318 g/mol. The van der Waals surface area contributed by atoms with E-state index >= 15 is 0 Å². The fourth-order valence-corrected chi connectivity index (χ4v) is 2.39. The SMILES string of the molecule is Cn1ncc2c(Oc3ccc(OCc4cccnc4)cc3)ncnc21. The molecule has 0 fully saturated rings. The molecule has 0 aliphatic heterocycles. The molecule has 0 saturated heterocycles. The number of pyridine rings is 1. The molecule has 0 N–H and O–H groups in total. The summed E-state index contributed by atoms with van der Waals surface area (Å²) in [6.07, 6.45) is 6.68. The summed E-state index contributed by atoms with van der Waals surface area (Å²) in [6.45, 7) is 0.469. The summed E-state index contributed by atoms with van der Waals surface area (Å²) in [4.78, 5) is 12.4.